The van der Waals surface area contributed by atoms with Crippen molar-refractivity contribution < 1.29 is 38.1 Å². The van der Waals surface area contributed by atoms with Crippen LogP contribution in [0.2, 0.25) is 0 Å². The molecule has 2 heterocycles. The minimum Gasteiger partial charge on any atom is -0.463 e. The third-order valence-electron chi connectivity index (χ3n) is 4.71. The first kappa shape index (κ1) is 22.1. The fourth-order valence-electron chi connectivity index (χ4n) is 3.45. The Hall–Kier alpha value is -2.59. The van der Waals surface area contributed by atoms with Gasteiger partial charge in [-0.2, -0.15) is 0 Å². The molecule has 1 aromatic rings. The van der Waals surface area contributed by atoms with E-state index in [1.807, 2.05) is 31.2 Å². The van der Waals surface area contributed by atoms with Crippen molar-refractivity contribution in [3.63, 3.8) is 0 Å². The SMILES string of the molecule is CC(=O)OC[C@H]1O[C@H](Sc2ccc(C)cc2)[C@H]2[C@@H](OC(=O)N2C(C)=O)[C@H]1OC(C)=O. The van der Waals surface area contributed by atoms with Gasteiger partial charge in [0, 0.05) is 25.7 Å². The van der Waals surface area contributed by atoms with Gasteiger partial charge in [0.1, 0.15) is 24.2 Å². The summed E-state index contributed by atoms with van der Waals surface area (Å²) in [4.78, 5) is 49.4. The van der Waals surface area contributed by atoms with Crippen molar-refractivity contribution in [3.8, 4) is 0 Å². The zero-order valence-electron chi connectivity index (χ0n) is 17.0. The van der Waals surface area contributed by atoms with Crippen molar-refractivity contribution >= 4 is 35.7 Å². The summed E-state index contributed by atoms with van der Waals surface area (Å²) < 4.78 is 22.0. The average Bonchev–Trinajstić information content (AvgIpc) is 3.01. The molecule has 162 valence electrons. The Balaban J connectivity index is 1.95. The topological polar surface area (TPSA) is 108 Å². The Morgan fingerprint density at radius 2 is 1.77 bits per heavy atom. The van der Waals surface area contributed by atoms with Crippen molar-refractivity contribution in [2.45, 2.75) is 62.4 Å². The first-order valence-electron chi connectivity index (χ1n) is 9.37. The molecule has 0 aliphatic carbocycles. The lowest BCUT2D eigenvalue weighted by molar-refractivity contribution is -0.196. The van der Waals surface area contributed by atoms with Gasteiger partial charge in [0.15, 0.2) is 12.2 Å². The molecule has 30 heavy (non-hydrogen) atoms. The fourth-order valence-corrected chi connectivity index (χ4v) is 4.62. The molecule has 5 atom stereocenters. The second-order valence-corrected chi connectivity index (χ2v) is 8.25. The predicted molar refractivity (Wildman–Crippen MR) is 104 cm³/mol. The second kappa shape index (κ2) is 9.05. The van der Waals surface area contributed by atoms with E-state index in [4.69, 9.17) is 18.9 Å². The molecule has 1 aromatic carbocycles. The smallest absolute Gasteiger partial charge is 0.417 e. The molecule has 0 saturated carbocycles. The van der Waals surface area contributed by atoms with E-state index in [1.54, 1.807) is 0 Å². The lowest BCUT2D eigenvalue weighted by Crippen LogP contribution is -2.61. The van der Waals surface area contributed by atoms with E-state index in [2.05, 4.69) is 0 Å². The van der Waals surface area contributed by atoms with Crippen LogP contribution >= 0.6 is 11.8 Å². The number of hydrogen-bond acceptors (Lipinski definition) is 9. The molecular weight excluding hydrogens is 414 g/mol. The van der Waals surface area contributed by atoms with E-state index in [9.17, 15) is 19.2 Å². The van der Waals surface area contributed by atoms with Crippen LogP contribution in [0, 0.1) is 6.92 Å². The molecule has 2 aliphatic rings. The van der Waals surface area contributed by atoms with E-state index in [0.717, 1.165) is 15.4 Å². The first-order chi connectivity index (χ1) is 14.2. The Morgan fingerprint density at radius 3 is 2.33 bits per heavy atom. The normalized spacial score (nSPS) is 27.8. The fraction of sp³-hybridized carbons (Fsp3) is 0.500. The van der Waals surface area contributed by atoms with Crippen molar-refractivity contribution in [3.05, 3.63) is 29.8 Å². The first-order valence-corrected chi connectivity index (χ1v) is 10.2. The monoisotopic (exact) mass is 437 g/mol. The van der Waals surface area contributed by atoms with E-state index in [-0.39, 0.29) is 6.61 Å². The molecular formula is C20H23NO8S. The van der Waals surface area contributed by atoms with Gasteiger partial charge in [0.2, 0.25) is 5.91 Å². The maximum Gasteiger partial charge on any atom is 0.417 e. The number of ether oxygens (including phenoxy) is 4. The standard InChI is InChI=1S/C20H23NO8S/c1-10-5-7-14(8-6-10)30-19-16-18(29-20(25)21(16)11(2)22)17(27-13(4)24)15(28-19)9-26-12(3)23/h5-8,15-19H,9H2,1-4H3/t15-,16-,17+,18-,19-/m1/s1. The largest absolute Gasteiger partial charge is 0.463 e. The van der Waals surface area contributed by atoms with E-state index in [1.165, 1.54) is 32.5 Å². The Bertz CT molecular complexity index is 842. The summed E-state index contributed by atoms with van der Waals surface area (Å²) in [6, 6.07) is 6.83. The lowest BCUT2D eigenvalue weighted by Gasteiger charge is -2.42. The molecule has 10 heteroatoms. The highest BCUT2D eigenvalue weighted by Gasteiger charge is 2.59. The predicted octanol–water partition coefficient (Wildman–Crippen LogP) is 2.04. The molecule has 0 spiro atoms. The van der Waals surface area contributed by atoms with Gasteiger partial charge < -0.3 is 18.9 Å². The van der Waals surface area contributed by atoms with E-state index in [0.29, 0.717) is 0 Å². The number of benzene rings is 1. The van der Waals surface area contributed by atoms with Crippen molar-refractivity contribution in [1.82, 2.24) is 4.90 Å². The van der Waals surface area contributed by atoms with Gasteiger partial charge in [0.05, 0.1) is 0 Å². The number of carbonyl (C=O) groups excluding carboxylic acids is 4. The zero-order chi connectivity index (χ0) is 22.0. The number of imide groups is 1. The third-order valence-corrected chi connectivity index (χ3v) is 5.88. The number of rotatable bonds is 5. The Morgan fingerprint density at radius 1 is 1.10 bits per heavy atom. The summed E-state index contributed by atoms with van der Waals surface area (Å²) in [6.45, 7) is 5.48. The van der Waals surface area contributed by atoms with Crippen LogP contribution in [0.5, 0.6) is 0 Å². The Kier molecular flexibility index (Phi) is 6.67. The van der Waals surface area contributed by atoms with Gasteiger partial charge in [-0.25, -0.2) is 9.69 Å². The maximum atomic E-state index is 12.4. The molecule has 0 aromatic heterocycles. The maximum absolute atomic E-state index is 12.4. The van der Waals surface area contributed by atoms with E-state index < -0.39 is 53.7 Å². The summed E-state index contributed by atoms with van der Waals surface area (Å²) in [5, 5.41) is 0. The molecule has 0 N–H and O–H groups in total. The van der Waals surface area contributed by atoms with Gasteiger partial charge >= 0.3 is 18.0 Å². The quantitative estimate of drug-likeness (QED) is 0.505. The number of nitrogens with zero attached hydrogens (tertiary/aromatic N) is 1. The number of amides is 2. The molecule has 0 bridgehead atoms. The van der Waals surface area contributed by atoms with Crippen LogP contribution in [0.1, 0.15) is 26.3 Å². The van der Waals surface area contributed by atoms with Gasteiger partial charge in [0.25, 0.3) is 0 Å². The molecule has 2 amide bonds. The zero-order valence-corrected chi connectivity index (χ0v) is 17.8. The van der Waals surface area contributed by atoms with Crippen molar-refractivity contribution in [1.29, 1.82) is 0 Å². The molecule has 0 unspecified atom stereocenters. The number of carbonyl (C=O) groups is 4. The van der Waals surface area contributed by atoms with Crippen LogP contribution < -0.4 is 0 Å². The molecule has 2 saturated heterocycles. The van der Waals surface area contributed by atoms with Gasteiger partial charge in [-0.05, 0) is 19.1 Å². The number of thioether (sulfide) groups is 1. The lowest BCUT2D eigenvalue weighted by atomic mass is 9.97. The second-order valence-electron chi connectivity index (χ2n) is 7.08. The third kappa shape index (κ3) is 4.76. The highest BCUT2D eigenvalue weighted by atomic mass is 32.2. The van der Waals surface area contributed by atoms with Crippen LogP contribution in [0.15, 0.2) is 29.2 Å². The average molecular weight is 437 g/mol. The summed E-state index contributed by atoms with van der Waals surface area (Å²) in [5.74, 6) is -1.65. The van der Waals surface area contributed by atoms with Crippen LogP contribution in [-0.4, -0.2) is 65.2 Å². The van der Waals surface area contributed by atoms with Gasteiger partial charge in [-0.3, -0.25) is 14.4 Å². The molecule has 9 nitrogen and oxygen atoms in total. The molecule has 2 fully saturated rings. The minimum atomic E-state index is -1.03. The van der Waals surface area contributed by atoms with Gasteiger partial charge in [-0.1, -0.05) is 29.5 Å². The summed E-state index contributed by atoms with van der Waals surface area (Å²) >= 11 is 1.30. The summed E-state index contributed by atoms with van der Waals surface area (Å²) in [7, 11) is 0. The van der Waals surface area contributed by atoms with Crippen LogP contribution in [-0.2, 0) is 33.3 Å². The highest BCUT2D eigenvalue weighted by molar-refractivity contribution is 7.99. The molecule has 0 radical (unpaired) electrons. The minimum absolute atomic E-state index is 0.195. The number of esters is 2. The summed E-state index contributed by atoms with van der Waals surface area (Å²) in [6.07, 6.45) is -3.69. The van der Waals surface area contributed by atoms with E-state index >= 15 is 0 Å². The van der Waals surface area contributed by atoms with Crippen LogP contribution in [0.4, 0.5) is 4.79 Å². The number of aryl methyl sites for hydroxylation is 1. The number of fused-ring (bicyclic) bond motifs is 1. The molecule has 2 aliphatic heterocycles. The Labute approximate surface area is 178 Å². The molecule has 3 rings (SSSR count). The van der Waals surface area contributed by atoms with Crippen LogP contribution in [0.3, 0.4) is 0 Å². The van der Waals surface area contributed by atoms with Gasteiger partial charge in [-0.15, -0.1) is 0 Å². The number of hydrogen-bond donors (Lipinski definition) is 0. The highest BCUT2D eigenvalue weighted by Crippen LogP contribution is 2.41. The van der Waals surface area contributed by atoms with Crippen molar-refractivity contribution in [2.24, 2.45) is 0 Å². The van der Waals surface area contributed by atoms with Crippen molar-refractivity contribution in [2.75, 3.05) is 6.61 Å². The summed E-state index contributed by atoms with van der Waals surface area (Å²) in [5.41, 5.74) is 0.356. The van der Waals surface area contributed by atoms with Crippen LogP contribution in [0.25, 0.3) is 0 Å².